The zero-order valence-corrected chi connectivity index (χ0v) is 14.1. The average Bonchev–Trinajstić information content (AvgIpc) is 2.85. The van der Waals surface area contributed by atoms with E-state index < -0.39 is 0 Å². The molecule has 1 unspecified atom stereocenters. The quantitative estimate of drug-likeness (QED) is 0.853. The van der Waals surface area contributed by atoms with E-state index in [1.807, 2.05) is 23.1 Å². The van der Waals surface area contributed by atoms with Crippen molar-refractivity contribution in [2.24, 2.45) is 0 Å². The van der Waals surface area contributed by atoms with E-state index in [0.29, 0.717) is 0 Å². The van der Waals surface area contributed by atoms with Gasteiger partial charge in [-0.1, -0.05) is 6.92 Å². The van der Waals surface area contributed by atoms with Gasteiger partial charge in [-0.05, 0) is 51.4 Å². The number of aryl methyl sites for hydroxylation is 1. The van der Waals surface area contributed by atoms with Crippen LogP contribution in [0.3, 0.4) is 0 Å². The minimum Gasteiger partial charge on any atom is -0.305 e. The first kappa shape index (κ1) is 14.7. The first-order chi connectivity index (χ1) is 9.15. The summed E-state index contributed by atoms with van der Waals surface area (Å²) in [5.74, 6) is 0. The summed E-state index contributed by atoms with van der Waals surface area (Å²) >= 11 is 7.01. The van der Waals surface area contributed by atoms with Crippen LogP contribution in [0, 0.1) is 0 Å². The number of aromatic nitrogens is 3. The lowest BCUT2D eigenvalue weighted by Gasteiger charge is -2.17. The Morgan fingerprint density at radius 1 is 1.32 bits per heavy atom. The van der Waals surface area contributed by atoms with Crippen LogP contribution in [0.2, 0.25) is 0 Å². The predicted molar refractivity (Wildman–Crippen MR) is 83.1 cm³/mol. The number of hydrogen-bond acceptors (Lipinski definition) is 3. The first-order valence-electron chi connectivity index (χ1n) is 6.22. The Morgan fingerprint density at radius 2 is 2.11 bits per heavy atom. The van der Waals surface area contributed by atoms with Crippen molar-refractivity contribution < 1.29 is 0 Å². The molecule has 2 aromatic rings. The molecule has 6 heteroatoms. The van der Waals surface area contributed by atoms with Crippen LogP contribution in [0.25, 0.3) is 0 Å². The van der Waals surface area contributed by atoms with Crippen LogP contribution in [0.4, 0.5) is 0 Å². The number of hydrogen-bond donors (Lipinski definition) is 1. The second-order valence-electron chi connectivity index (χ2n) is 4.14. The van der Waals surface area contributed by atoms with Crippen molar-refractivity contribution >= 4 is 31.9 Å². The van der Waals surface area contributed by atoms with Crippen molar-refractivity contribution in [1.82, 2.24) is 20.1 Å². The molecule has 2 heterocycles. The van der Waals surface area contributed by atoms with Gasteiger partial charge in [-0.2, -0.15) is 5.10 Å². The normalized spacial score (nSPS) is 12.6. The number of rotatable bonds is 5. The molecule has 0 saturated heterocycles. The van der Waals surface area contributed by atoms with Crippen LogP contribution in [-0.4, -0.2) is 21.3 Å². The molecule has 2 aromatic heterocycles. The van der Waals surface area contributed by atoms with Crippen LogP contribution in [0.5, 0.6) is 0 Å². The SMILES string of the molecule is CCNC(c1cnn(CC)c1)c1ncc(Br)cc1Br. The topological polar surface area (TPSA) is 42.7 Å². The highest BCUT2D eigenvalue weighted by atomic mass is 79.9. The van der Waals surface area contributed by atoms with E-state index in [9.17, 15) is 0 Å². The Hall–Kier alpha value is -0.720. The molecule has 0 amide bonds. The summed E-state index contributed by atoms with van der Waals surface area (Å²) in [5, 5.41) is 7.79. The lowest BCUT2D eigenvalue weighted by Crippen LogP contribution is -2.23. The fourth-order valence-electron chi connectivity index (χ4n) is 1.92. The van der Waals surface area contributed by atoms with Gasteiger partial charge in [0.2, 0.25) is 0 Å². The second kappa shape index (κ2) is 6.63. The van der Waals surface area contributed by atoms with Gasteiger partial charge < -0.3 is 5.32 Å². The molecule has 0 bridgehead atoms. The summed E-state index contributed by atoms with van der Waals surface area (Å²) in [6.07, 6.45) is 5.77. The zero-order valence-electron chi connectivity index (χ0n) is 10.9. The average molecular weight is 388 g/mol. The highest BCUT2D eigenvalue weighted by molar-refractivity contribution is 9.11. The minimum absolute atomic E-state index is 0.0489. The smallest absolute Gasteiger partial charge is 0.0793 e. The maximum atomic E-state index is 4.51. The van der Waals surface area contributed by atoms with Crippen molar-refractivity contribution in [2.45, 2.75) is 26.4 Å². The van der Waals surface area contributed by atoms with Crippen molar-refractivity contribution in [3.8, 4) is 0 Å². The summed E-state index contributed by atoms with van der Waals surface area (Å²) in [6, 6.07) is 2.06. The third-order valence-corrected chi connectivity index (χ3v) is 3.90. The van der Waals surface area contributed by atoms with Gasteiger partial charge in [0.25, 0.3) is 0 Å². The molecule has 0 aliphatic heterocycles. The molecular weight excluding hydrogens is 372 g/mol. The molecule has 0 spiro atoms. The van der Waals surface area contributed by atoms with E-state index in [-0.39, 0.29) is 6.04 Å². The van der Waals surface area contributed by atoms with Gasteiger partial charge in [0.05, 0.1) is 17.9 Å². The maximum Gasteiger partial charge on any atom is 0.0793 e. The lowest BCUT2D eigenvalue weighted by atomic mass is 10.1. The summed E-state index contributed by atoms with van der Waals surface area (Å²) in [5.41, 5.74) is 2.10. The number of pyridine rings is 1. The van der Waals surface area contributed by atoms with Crippen molar-refractivity contribution in [3.63, 3.8) is 0 Å². The Labute approximate surface area is 129 Å². The van der Waals surface area contributed by atoms with E-state index in [1.165, 1.54) is 0 Å². The summed E-state index contributed by atoms with van der Waals surface area (Å²) < 4.78 is 3.87. The van der Waals surface area contributed by atoms with Crippen LogP contribution < -0.4 is 5.32 Å². The van der Waals surface area contributed by atoms with Crippen molar-refractivity contribution in [1.29, 1.82) is 0 Å². The number of nitrogens with zero attached hydrogens (tertiary/aromatic N) is 3. The van der Waals surface area contributed by atoms with Gasteiger partial charge >= 0.3 is 0 Å². The maximum absolute atomic E-state index is 4.51. The second-order valence-corrected chi connectivity index (χ2v) is 5.91. The summed E-state index contributed by atoms with van der Waals surface area (Å²) in [6.45, 7) is 5.90. The van der Waals surface area contributed by atoms with Gasteiger partial charge in [0, 0.05) is 33.4 Å². The van der Waals surface area contributed by atoms with Gasteiger partial charge in [-0.25, -0.2) is 0 Å². The molecule has 0 radical (unpaired) electrons. The lowest BCUT2D eigenvalue weighted by molar-refractivity contribution is 0.609. The van der Waals surface area contributed by atoms with Crippen LogP contribution in [-0.2, 0) is 6.54 Å². The van der Waals surface area contributed by atoms with Crippen molar-refractivity contribution in [3.05, 3.63) is 44.9 Å². The summed E-state index contributed by atoms with van der Waals surface area (Å²) in [7, 11) is 0. The molecule has 102 valence electrons. The molecule has 0 aliphatic rings. The minimum atomic E-state index is 0.0489. The Morgan fingerprint density at radius 3 is 2.68 bits per heavy atom. The zero-order chi connectivity index (χ0) is 13.8. The van der Waals surface area contributed by atoms with Gasteiger partial charge in [-0.15, -0.1) is 0 Å². The number of nitrogens with one attached hydrogen (secondary N) is 1. The summed E-state index contributed by atoms with van der Waals surface area (Å²) in [4.78, 5) is 4.51. The molecule has 2 rings (SSSR count). The fraction of sp³-hybridized carbons (Fsp3) is 0.385. The third-order valence-electron chi connectivity index (χ3n) is 2.83. The van der Waals surface area contributed by atoms with Crippen LogP contribution in [0.1, 0.15) is 31.1 Å². The van der Waals surface area contributed by atoms with Crippen molar-refractivity contribution in [2.75, 3.05) is 6.54 Å². The highest BCUT2D eigenvalue weighted by Crippen LogP contribution is 2.28. The van der Waals surface area contributed by atoms with Gasteiger partial charge in [0.1, 0.15) is 0 Å². The van der Waals surface area contributed by atoms with E-state index in [1.54, 1.807) is 0 Å². The predicted octanol–water partition coefficient (Wildman–Crippen LogP) is 3.52. The Bertz CT molecular complexity index is 553. The molecule has 0 fully saturated rings. The van der Waals surface area contributed by atoms with E-state index in [2.05, 4.69) is 67.3 Å². The molecule has 1 N–H and O–H groups in total. The molecule has 0 aromatic carbocycles. The molecule has 19 heavy (non-hydrogen) atoms. The van der Waals surface area contributed by atoms with Gasteiger partial charge in [-0.3, -0.25) is 9.67 Å². The third kappa shape index (κ3) is 3.43. The molecule has 4 nitrogen and oxygen atoms in total. The number of halogens is 2. The van der Waals surface area contributed by atoms with E-state index >= 15 is 0 Å². The first-order valence-corrected chi connectivity index (χ1v) is 7.81. The van der Waals surface area contributed by atoms with Gasteiger partial charge in [0.15, 0.2) is 0 Å². The Balaban J connectivity index is 2.38. The fourth-order valence-corrected chi connectivity index (χ4v) is 3.13. The molecular formula is C13H16Br2N4. The van der Waals surface area contributed by atoms with E-state index in [4.69, 9.17) is 0 Å². The highest BCUT2D eigenvalue weighted by Gasteiger charge is 2.19. The molecule has 0 saturated carbocycles. The molecule has 0 aliphatic carbocycles. The molecule has 1 atom stereocenters. The monoisotopic (exact) mass is 386 g/mol. The standard InChI is InChI=1S/C13H16Br2N4/c1-3-16-12(9-6-18-19(4-2)8-9)13-11(15)5-10(14)7-17-13/h5-8,12,16H,3-4H2,1-2H3. The van der Waals surface area contributed by atoms with E-state index in [0.717, 1.165) is 33.3 Å². The Kier molecular flexibility index (Phi) is 5.13. The van der Waals surface area contributed by atoms with Crippen LogP contribution >= 0.6 is 31.9 Å². The largest absolute Gasteiger partial charge is 0.305 e. The van der Waals surface area contributed by atoms with Crippen LogP contribution in [0.15, 0.2) is 33.6 Å².